The van der Waals surface area contributed by atoms with Crippen LogP contribution in [0.25, 0.3) is 0 Å². The molecule has 1 saturated carbocycles. The number of carbonyl (C=O) groups excluding carboxylic acids is 1. The van der Waals surface area contributed by atoms with Crippen LogP contribution in [0.5, 0.6) is 0 Å². The van der Waals surface area contributed by atoms with Crippen LogP contribution in [-0.4, -0.2) is 42.7 Å². The summed E-state index contributed by atoms with van der Waals surface area (Å²) in [5.41, 5.74) is 5.52. The maximum Gasteiger partial charge on any atom is 0.222 e. The van der Waals surface area contributed by atoms with E-state index in [1.54, 1.807) is 7.11 Å². The summed E-state index contributed by atoms with van der Waals surface area (Å²) in [4.78, 5) is 11.9. The van der Waals surface area contributed by atoms with Gasteiger partial charge in [0.15, 0.2) is 0 Å². The van der Waals surface area contributed by atoms with Gasteiger partial charge < -0.3 is 15.8 Å². The first kappa shape index (κ1) is 19.0. The topological polar surface area (TPSA) is 64.4 Å². The minimum atomic E-state index is -0.158. The molecule has 19 heavy (non-hydrogen) atoms. The van der Waals surface area contributed by atoms with E-state index in [-0.39, 0.29) is 24.4 Å². The molecule has 0 aromatic rings. The van der Waals surface area contributed by atoms with Crippen LogP contribution < -0.4 is 11.1 Å². The summed E-state index contributed by atoms with van der Waals surface area (Å²) in [5, 5.41) is 3.83. The highest BCUT2D eigenvalue weighted by Crippen LogP contribution is 2.28. The molecule has 114 valence electrons. The number of halogens is 1. The molecule has 3 unspecified atom stereocenters. The monoisotopic (exact) mass is 310 g/mol. The van der Waals surface area contributed by atoms with E-state index in [1.165, 1.54) is 12.8 Å². The number of ether oxygens (including phenoxy) is 1. The minimum absolute atomic E-state index is 0. The lowest BCUT2D eigenvalue weighted by Crippen LogP contribution is -2.41. The van der Waals surface area contributed by atoms with Crippen LogP contribution in [0.1, 0.15) is 39.0 Å². The summed E-state index contributed by atoms with van der Waals surface area (Å²) in [6.07, 6.45) is 4.92. The smallest absolute Gasteiger partial charge is 0.222 e. The van der Waals surface area contributed by atoms with Crippen LogP contribution in [0.3, 0.4) is 0 Å². The van der Waals surface area contributed by atoms with Gasteiger partial charge in [-0.05, 0) is 25.0 Å². The molecular weight excluding hydrogens is 284 g/mol. The Labute approximate surface area is 127 Å². The molecule has 0 aromatic heterocycles. The van der Waals surface area contributed by atoms with Gasteiger partial charge in [-0.1, -0.05) is 13.3 Å². The van der Waals surface area contributed by atoms with Gasteiger partial charge in [0.25, 0.3) is 0 Å². The zero-order valence-corrected chi connectivity index (χ0v) is 13.5. The third-order valence-electron chi connectivity index (χ3n) is 3.40. The number of thioether (sulfide) groups is 1. The number of carbonyl (C=O) groups is 1. The lowest BCUT2D eigenvalue weighted by atomic mass is 9.95. The largest absolute Gasteiger partial charge is 0.380 e. The van der Waals surface area contributed by atoms with Crippen LogP contribution in [0.15, 0.2) is 0 Å². The second-order valence-electron chi connectivity index (χ2n) is 4.81. The molecule has 0 aliphatic heterocycles. The Morgan fingerprint density at radius 2 is 2.26 bits per heavy atom. The van der Waals surface area contributed by atoms with E-state index in [9.17, 15) is 4.79 Å². The second-order valence-corrected chi connectivity index (χ2v) is 6.38. The quantitative estimate of drug-likeness (QED) is 0.754. The summed E-state index contributed by atoms with van der Waals surface area (Å²) >= 11 is 2.01. The Kier molecular flexibility index (Phi) is 10.8. The molecule has 1 amide bonds. The number of rotatable bonds is 7. The van der Waals surface area contributed by atoms with Gasteiger partial charge in [-0.3, -0.25) is 4.79 Å². The van der Waals surface area contributed by atoms with Crippen molar-refractivity contribution in [3.8, 4) is 0 Å². The highest BCUT2D eigenvalue weighted by atomic mass is 35.5. The number of nitrogens with one attached hydrogen (secondary N) is 1. The first-order valence-electron chi connectivity index (χ1n) is 6.83. The molecule has 0 spiro atoms. The Bertz CT molecular complexity index is 251. The maximum absolute atomic E-state index is 11.9. The summed E-state index contributed by atoms with van der Waals surface area (Å²) in [5.74, 6) is 1.23. The molecule has 1 rings (SSSR count). The maximum atomic E-state index is 11.9. The zero-order chi connectivity index (χ0) is 13.4. The van der Waals surface area contributed by atoms with E-state index >= 15 is 0 Å². The van der Waals surface area contributed by atoms with Gasteiger partial charge in [-0.15, -0.1) is 12.4 Å². The van der Waals surface area contributed by atoms with E-state index in [2.05, 4.69) is 12.2 Å². The predicted octanol–water partition coefficient (Wildman–Crippen LogP) is 1.95. The molecule has 3 atom stereocenters. The van der Waals surface area contributed by atoms with Gasteiger partial charge in [-0.2, -0.15) is 11.8 Å². The van der Waals surface area contributed by atoms with Crippen LogP contribution in [0.4, 0.5) is 0 Å². The molecule has 0 bridgehead atoms. The molecule has 4 nitrogen and oxygen atoms in total. The Morgan fingerprint density at radius 3 is 2.84 bits per heavy atom. The molecule has 0 saturated heterocycles. The molecule has 0 heterocycles. The summed E-state index contributed by atoms with van der Waals surface area (Å²) in [6.45, 7) is 2.58. The van der Waals surface area contributed by atoms with Crippen LogP contribution >= 0.6 is 24.2 Å². The molecule has 0 radical (unpaired) electrons. The van der Waals surface area contributed by atoms with Crippen molar-refractivity contribution < 1.29 is 9.53 Å². The zero-order valence-electron chi connectivity index (χ0n) is 11.9. The van der Waals surface area contributed by atoms with Crippen molar-refractivity contribution >= 4 is 30.1 Å². The van der Waals surface area contributed by atoms with Crippen LogP contribution in [0, 0.1) is 0 Å². The predicted molar refractivity (Wildman–Crippen MR) is 84.0 cm³/mol. The second kappa shape index (κ2) is 10.8. The van der Waals surface area contributed by atoms with E-state index in [0.29, 0.717) is 24.3 Å². The third-order valence-corrected chi connectivity index (χ3v) is 4.64. The van der Waals surface area contributed by atoms with Crippen molar-refractivity contribution in [1.82, 2.24) is 5.32 Å². The Balaban J connectivity index is 0.00000324. The highest BCUT2D eigenvalue weighted by Gasteiger charge is 2.23. The summed E-state index contributed by atoms with van der Waals surface area (Å²) in [7, 11) is 1.60. The number of amides is 1. The van der Waals surface area contributed by atoms with E-state index in [1.807, 2.05) is 11.8 Å². The van der Waals surface area contributed by atoms with E-state index in [4.69, 9.17) is 10.5 Å². The fourth-order valence-corrected chi connectivity index (χ4v) is 3.59. The van der Waals surface area contributed by atoms with Gasteiger partial charge in [0, 0.05) is 24.9 Å². The summed E-state index contributed by atoms with van der Waals surface area (Å²) in [6, 6.07) is 0.339. The number of nitrogens with two attached hydrogens (primary N) is 1. The van der Waals surface area contributed by atoms with Crippen molar-refractivity contribution in [3.63, 3.8) is 0 Å². The molecule has 1 aliphatic rings. The fourth-order valence-electron chi connectivity index (χ4n) is 2.42. The van der Waals surface area contributed by atoms with E-state index in [0.717, 1.165) is 18.6 Å². The lowest BCUT2D eigenvalue weighted by molar-refractivity contribution is -0.124. The molecular formula is C13H27ClN2O2S. The molecule has 3 N–H and O–H groups in total. The van der Waals surface area contributed by atoms with Crippen LogP contribution in [-0.2, 0) is 9.53 Å². The van der Waals surface area contributed by atoms with Gasteiger partial charge in [-0.25, -0.2) is 0 Å². The molecule has 1 aliphatic carbocycles. The fraction of sp³-hybridized carbons (Fsp3) is 0.923. The van der Waals surface area contributed by atoms with Crippen molar-refractivity contribution in [2.45, 2.75) is 56.4 Å². The van der Waals surface area contributed by atoms with Gasteiger partial charge in [0.05, 0.1) is 12.5 Å². The molecule has 0 aromatic carbocycles. The van der Waals surface area contributed by atoms with E-state index < -0.39 is 0 Å². The Hall–Kier alpha value is 0.0300. The van der Waals surface area contributed by atoms with Gasteiger partial charge >= 0.3 is 0 Å². The number of hydrogen-bond donors (Lipinski definition) is 2. The van der Waals surface area contributed by atoms with Crippen molar-refractivity contribution in [1.29, 1.82) is 0 Å². The van der Waals surface area contributed by atoms with Crippen molar-refractivity contribution in [2.75, 3.05) is 19.4 Å². The first-order valence-corrected chi connectivity index (χ1v) is 7.88. The highest BCUT2D eigenvalue weighted by molar-refractivity contribution is 7.99. The van der Waals surface area contributed by atoms with Gasteiger partial charge in [0.1, 0.15) is 0 Å². The normalized spacial score (nSPS) is 24.4. The number of methoxy groups -OCH3 is 1. The average Bonchev–Trinajstić information content (AvgIpc) is 2.36. The standard InChI is InChI=1S/C13H26N2O2S.ClH/c1-3-18-12-6-4-5-10(7-12)15-13(16)8-11(9-14)17-2;/h10-12H,3-9,14H2,1-2H3,(H,15,16);1H. The van der Waals surface area contributed by atoms with Gasteiger partial charge in [0.2, 0.25) is 5.91 Å². The SMILES string of the molecule is CCSC1CCCC(NC(=O)CC(CN)OC)C1.Cl. The Morgan fingerprint density at radius 1 is 1.53 bits per heavy atom. The first-order chi connectivity index (χ1) is 8.69. The van der Waals surface area contributed by atoms with Crippen molar-refractivity contribution in [3.05, 3.63) is 0 Å². The number of hydrogen-bond acceptors (Lipinski definition) is 4. The molecule has 6 heteroatoms. The minimum Gasteiger partial charge on any atom is -0.380 e. The molecule has 1 fully saturated rings. The average molecular weight is 311 g/mol. The van der Waals surface area contributed by atoms with Crippen LogP contribution in [0.2, 0.25) is 0 Å². The lowest BCUT2D eigenvalue weighted by Gasteiger charge is -2.29. The third kappa shape index (κ3) is 7.40. The summed E-state index contributed by atoms with van der Waals surface area (Å²) < 4.78 is 5.13. The van der Waals surface area contributed by atoms with Crippen molar-refractivity contribution in [2.24, 2.45) is 5.73 Å².